The summed E-state index contributed by atoms with van der Waals surface area (Å²) in [6, 6.07) is 0. The number of aryl methyl sites for hydroxylation is 1. The molecule has 2 N–H and O–H groups in total. The molecule has 3 nitrogen and oxygen atoms in total. The molecule has 3 heteroatoms. The summed E-state index contributed by atoms with van der Waals surface area (Å²) in [6.07, 6.45) is 5.74. The Morgan fingerprint density at radius 3 is 3.00 bits per heavy atom. The van der Waals surface area contributed by atoms with E-state index in [1.54, 1.807) is 6.20 Å². The number of aromatic nitrogens is 1. The summed E-state index contributed by atoms with van der Waals surface area (Å²) in [7, 11) is 0. The smallest absolute Gasteiger partial charge is 0.250 e. The summed E-state index contributed by atoms with van der Waals surface area (Å²) in [6.45, 7) is 2.06. The third-order valence-corrected chi connectivity index (χ3v) is 2.85. The molecular formula is C11H14N2O. The van der Waals surface area contributed by atoms with Gasteiger partial charge in [-0.05, 0) is 36.8 Å². The minimum Gasteiger partial charge on any atom is -0.366 e. The van der Waals surface area contributed by atoms with Crippen LogP contribution in [-0.2, 0) is 19.3 Å². The van der Waals surface area contributed by atoms with E-state index in [2.05, 4.69) is 11.9 Å². The van der Waals surface area contributed by atoms with Crippen LogP contribution in [0.4, 0.5) is 0 Å². The Balaban J connectivity index is 2.59. The van der Waals surface area contributed by atoms with Gasteiger partial charge in [-0.1, -0.05) is 6.92 Å². The van der Waals surface area contributed by atoms with Crippen LogP contribution < -0.4 is 5.73 Å². The van der Waals surface area contributed by atoms with Gasteiger partial charge in [0.1, 0.15) is 0 Å². The summed E-state index contributed by atoms with van der Waals surface area (Å²) < 4.78 is 0. The molecule has 1 aromatic rings. The van der Waals surface area contributed by atoms with E-state index in [4.69, 9.17) is 5.73 Å². The first-order valence-corrected chi connectivity index (χ1v) is 5.03. The van der Waals surface area contributed by atoms with Crippen LogP contribution in [0.2, 0.25) is 0 Å². The van der Waals surface area contributed by atoms with E-state index in [9.17, 15) is 4.79 Å². The number of pyridine rings is 1. The first kappa shape index (κ1) is 9.19. The van der Waals surface area contributed by atoms with Gasteiger partial charge < -0.3 is 5.73 Å². The minimum atomic E-state index is -0.357. The maximum atomic E-state index is 11.2. The molecule has 74 valence electrons. The summed E-state index contributed by atoms with van der Waals surface area (Å²) >= 11 is 0. The lowest BCUT2D eigenvalue weighted by molar-refractivity contribution is 0.0999. The third kappa shape index (κ3) is 1.29. The van der Waals surface area contributed by atoms with Crippen LogP contribution >= 0.6 is 0 Å². The molecular weight excluding hydrogens is 176 g/mol. The second-order valence-electron chi connectivity index (χ2n) is 3.65. The van der Waals surface area contributed by atoms with Crippen LogP contribution in [0.25, 0.3) is 0 Å². The Kier molecular flexibility index (Phi) is 2.23. The molecule has 14 heavy (non-hydrogen) atoms. The van der Waals surface area contributed by atoms with Crippen LogP contribution in [0, 0.1) is 0 Å². The number of hydrogen-bond acceptors (Lipinski definition) is 2. The molecule has 0 atom stereocenters. The highest BCUT2D eigenvalue weighted by Crippen LogP contribution is 2.26. The molecule has 0 unspecified atom stereocenters. The van der Waals surface area contributed by atoms with Crippen LogP contribution in [0.1, 0.15) is 40.5 Å². The molecule has 0 aromatic carbocycles. The second kappa shape index (κ2) is 3.40. The Labute approximate surface area is 83.3 Å². The van der Waals surface area contributed by atoms with E-state index in [-0.39, 0.29) is 5.91 Å². The molecule has 0 aliphatic heterocycles. The third-order valence-electron chi connectivity index (χ3n) is 2.85. The minimum absolute atomic E-state index is 0.357. The monoisotopic (exact) mass is 190 g/mol. The van der Waals surface area contributed by atoms with Crippen LogP contribution in [0.3, 0.4) is 0 Å². The van der Waals surface area contributed by atoms with Crippen LogP contribution in [-0.4, -0.2) is 10.9 Å². The van der Waals surface area contributed by atoms with Gasteiger partial charge in [0.05, 0.1) is 5.56 Å². The summed E-state index contributed by atoms with van der Waals surface area (Å²) in [4.78, 5) is 15.5. The van der Waals surface area contributed by atoms with E-state index >= 15 is 0 Å². The fourth-order valence-electron chi connectivity index (χ4n) is 2.19. The van der Waals surface area contributed by atoms with Gasteiger partial charge in [-0.15, -0.1) is 0 Å². The molecule has 1 aromatic heterocycles. The first-order chi connectivity index (χ1) is 6.74. The van der Waals surface area contributed by atoms with Gasteiger partial charge in [0.15, 0.2) is 0 Å². The Bertz CT molecular complexity index is 385. The average molecular weight is 190 g/mol. The number of rotatable bonds is 2. The average Bonchev–Trinajstić information content (AvgIpc) is 2.63. The summed E-state index contributed by atoms with van der Waals surface area (Å²) in [5, 5.41) is 0. The van der Waals surface area contributed by atoms with Crippen molar-refractivity contribution in [1.29, 1.82) is 0 Å². The van der Waals surface area contributed by atoms with Crippen molar-refractivity contribution in [2.24, 2.45) is 5.73 Å². The van der Waals surface area contributed by atoms with E-state index in [1.165, 1.54) is 5.56 Å². The zero-order chi connectivity index (χ0) is 10.1. The van der Waals surface area contributed by atoms with Gasteiger partial charge in [0.25, 0.3) is 5.91 Å². The van der Waals surface area contributed by atoms with Crippen molar-refractivity contribution < 1.29 is 4.79 Å². The standard InChI is InChI=1S/C11H14N2O/c1-2-7-8-4-3-5-10(8)13-6-9(7)11(12)14/h6H,2-5H2,1H3,(H2,12,14). The fourth-order valence-corrected chi connectivity index (χ4v) is 2.19. The number of amides is 1. The largest absolute Gasteiger partial charge is 0.366 e. The van der Waals surface area contributed by atoms with E-state index in [0.717, 1.165) is 36.9 Å². The number of nitrogens with two attached hydrogens (primary N) is 1. The number of nitrogens with zero attached hydrogens (tertiary/aromatic N) is 1. The number of carbonyl (C=O) groups excluding carboxylic acids is 1. The molecule has 0 saturated carbocycles. The highest BCUT2D eigenvalue weighted by atomic mass is 16.1. The van der Waals surface area contributed by atoms with Crippen molar-refractivity contribution in [2.75, 3.05) is 0 Å². The maximum Gasteiger partial charge on any atom is 0.250 e. The van der Waals surface area contributed by atoms with Crippen LogP contribution in [0.15, 0.2) is 6.20 Å². The van der Waals surface area contributed by atoms with Gasteiger partial charge in [-0.25, -0.2) is 0 Å². The molecule has 0 bridgehead atoms. The molecule has 1 amide bonds. The van der Waals surface area contributed by atoms with E-state index in [0.29, 0.717) is 5.56 Å². The normalized spacial score (nSPS) is 14.1. The summed E-state index contributed by atoms with van der Waals surface area (Å²) in [5.41, 5.74) is 9.45. The van der Waals surface area contributed by atoms with E-state index < -0.39 is 0 Å². The lowest BCUT2D eigenvalue weighted by atomic mass is 9.99. The number of fused-ring (bicyclic) bond motifs is 1. The quantitative estimate of drug-likeness (QED) is 0.762. The van der Waals surface area contributed by atoms with Gasteiger partial charge in [0, 0.05) is 11.9 Å². The SMILES string of the molecule is CCc1c(C(N)=O)cnc2c1CCC2. The van der Waals surface area contributed by atoms with Crippen molar-refractivity contribution in [3.63, 3.8) is 0 Å². The fraction of sp³-hybridized carbons (Fsp3) is 0.455. The molecule has 0 fully saturated rings. The zero-order valence-corrected chi connectivity index (χ0v) is 8.34. The summed E-state index contributed by atoms with van der Waals surface area (Å²) in [5.74, 6) is -0.357. The Hall–Kier alpha value is -1.38. The van der Waals surface area contributed by atoms with Gasteiger partial charge >= 0.3 is 0 Å². The van der Waals surface area contributed by atoms with Crippen molar-refractivity contribution in [3.05, 3.63) is 28.6 Å². The lowest BCUT2D eigenvalue weighted by Crippen LogP contribution is -2.15. The maximum absolute atomic E-state index is 11.2. The topological polar surface area (TPSA) is 56.0 Å². The van der Waals surface area contributed by atoms with Crippen molar-refractivity contribution >= 4 is 5.91 Å². The molecule has 1 heterocycles. The molecule has 0 saturated heterocycles. The van der Waals surface area contributed by atoms with Gasteiger partial charge in [-0.2, -0.15) is 0 Å². The molecule has 1 aliphatic rings. The van der Waals surface area contributed by atoms with Crippen molar-refractivity contribution in [2.45, 2.75) is 32.6 Å². The number of primary amides is 1. The Morgan fingerprint density at radius 1 is 1.57 bits per heavy atom. The molecule has 0 radical (unpaired) electrons. The van der Waals surface area contributed by atoms with Crippen LogP contribution in [0.5, 0.6) is 0 Å². The molecule has 0 spiro atoms. The Morgan fingerprint density at radius 2 is 2.36 bits per heavy atom. The molecule has 2 rings (SSSR count). The highest BCUT2D eigenvalue weighted by Gasteiger charge is 2.19. The van der Waals surface area contributed by atoms with Gasteiger partial charge in [-0.3, -0.25) is 9.78 Å². The number of carbonyl (C=O) groups is 1. The highest BCUT2D eigenvalue weighted by molar-refractivity contribution is 5.94. The predicted octanol–water partition coefficient (Wildman–Crippen LogP) is 1.23. The zero-order valence-electron chi connectivity index (χ0n) is 8.34. The molecule has 1 aliphatic carbocycles. The van der Waals surface area contributed by atoms with Crippen molar-refractivity contribution in [3.8, 4) is 0 Å². The first-order valence-electron chi connectivity index (χ1n) is 5.03. The van der Waals surface area contributed by atoms with Gasteiger partial charge in [0.2, 0.25) is 0 Å². The second-order valence-corrected chi connectivity index (χ2v) is 3.65. The lowest BCUT2D eigenvalue weighted by Gasteiger charge is -2.09. The predicted molar refractivity (Wildman–Crippen MR) is 54.2 cm³/mol. The van der Waals surface area contributed by atoms with Crippen molar-refractivity contribution in [1.82, 2.24) is 4.98 Å². The van der Waals surface area contributed by atoms with E-state index in [1.807, 2.05) is 0 Å². The number of hydrogen-bond donors (Lipinski definition) is 1.